The van der Waals surface area contributed by atoms with E-state index in [2.05, 4.69) is 38.1 Å². The van der Waals surface area contributed by atoms with Crippen LogP contribution in [-0.2, 0) is 19.3 Å². The number of aromatic nitrogens is 1. The van der Waals surface area contributed by atoms with Crippen LogP contribution in [0.1, 0.15) is 53.0 Å². The van der Waals surface area contributed by atoms with Crippen molar-refractivity contribution < 1.29 is 0 Å². The van der Waals surface area contributed by atoms with Crippen LogP contribution in [-0.4, -0.2) is 4.98 Å². The van der Waals surface area contributed by atoms with Crippen molar-refractivity contribution in [2.45, 2.75) is 45.6 Å². The van der Waals surface area contributed by atoms with Crippen LogP contribution in [0.5, 0.6) is 0 Å². The number of fused-ring (bicyclic) bond motifs is 1. The van der Waals surface area contributed by atoms with E-state index in [0.717, 1.165) is 17.8 Å². The maximum atomic E-state index is 6.38. The Morgan fingerprint density at radius 1 is 1.20 bits per heavy atom. The van der Waals surface area contributed by atoms with Crippen molar-refractivity contribution >= 4 is 11.3 Å². The average molecular weight is 286 g/mol. The van der Waals surface area contributed by atoms with Gasteiger partial charge in [0, 0.05) is 4.88 Å². The molecule has 0 radical (unpaired) electrons. The van der Waals surface area contributed by atoms with Crippen LogP contribution in [0.15, 0.2) is 24.3 Å². The van der Waals surface area contributed by atoms with Gasteiger partial charge in [0.2, 0.25) is 0 Å². The van der Waals surface area contributed by atoms with Gasteiger partial charge in [0.05, 0.1) is 11.7 Å². The smallest absolute Gasteiger partial charge is 0.114 e. The van der Waals surface area contributed by atoms with E-state index in [-0.39, 0.29) is 6.04 Å². The summed E-state index contributed by atoms with van der Waals surface area (Å²) < 4.78 is 0. The summed E-state index contributed by atoms with van der Waals surface area (Å²) >= 11 is 1.80. The summed E-state index contributed by atoms with van der Waals surface area (Å²) in [5.74, 6) is 0.691. The lowest BCUT2D eigenvalue weighted by Crippen LogP contribution is -2.11. The molecule has 0 spiro atoms. The Hall–Kier alpha value is -1.19. The van der Waals surface area contributed by atoms with Gasteiger partial charge in [0.25, 0.3) is 0 Å². The summed E-state index contributed by atoms with van der Waals surface area (Å²) in [5.41, 5.74) is 10.2. The zero-order chi connectivity index (χ0) is 14.1. The lowest BCUT2D eigenvalue weighted by molar-refractivity contribution is 0.647. The fourth-order valence-corrected chi connectivity index (χ4v) is 4.00. The Kier molecular flexibility index (Phi) is 3.90. The summed E-state index contributed by atoms with van der Waals surface area (Å²) in [6, 6.07) is 8.66. The molecule has 1 aliphatic rings. The molecule has 0 amide bonds. The number of benzene rings is 1. The highest BCUT2D eigenvalue weighted by Gasteiger charge is 2.20. The third kappa shape index (κ3) is 2.79. The van der Waals surface area contributed by atoms with Gasteiger partial charge in [-0.1, -0.05) is 38.1 Å². The topological polar surface area (TPSA) is 38.9 Å². The number of aryl methyl sites for hydroxylation is 2. The van der Waals surface area contributed by atoms with Crippen molar-refractivity contribution in [1.29, 1.82) is 0 Å². The standard InChI is InChI=1S/C17H22N2S/c1-11(2)10-12-6-8-13(9-7-12)16(18)17-19-14-4-3-5-15(14)20-17/h6-9,11,16H,3-5,10,18H2,1-2H3. The molecule has 1 unspecified atom stereocenters. The van der Waals surface area contributed by atoms with Gasteiger partial charge in [-0.2, -0.15) is 0 Å². The van der Waals surface area contributed by atoms with Crippen LogP contribution in [0.4, 0.5) is 0 Å². The molecule has 0 aliphatic heterocycles. The van der Waals surface area contributed by atoms with Crippen LogP contribution in [0, 0.1) is 5.92 Å². The normalized spacial score (nSPS) is 15.6. The fourth-order valence-electron chi connectivity index (χ4n) is 2.82. The Balaban J connectivity index is 1.77. The predicted octanol–water partition coefficient (Wildman–Crippen LogP) is 3.88. The average Bonchev–Trinajstić information content (AvgIpc) is 2.98. The maximum absolute atomic E-state index is 6.38. The molecule has 1 atom stereocenters. The third-order valence-corrected chi connectivity index (χ3v) is 5.10. The predicted molar refractivity (Wildman–Crippen MR) is 85.2 cm³/mol. The second kappa shape index (κ2) is 5.66. The lowest BCUT2D eigenvalue weighted by atomic mass is 10.00. The van der Waals surface area contributed by atoms with E-state index in [1.165, 1.54) is 34.5 Å². The van der Waals surface area contributed by atoms with Gasteiger partial charge in [0.1, 0.15) is 5.01 Å². The lowest BCUT2D eigenvalue weighted by Gasteiger charge is -2.11. The molecule has 2 N–H and O–H groups in total. The number of rotatable bonds is 4. The highest BCUT2D eigenvalue weighted by molar-refractivity contribution is 7.11. The molecule has 20 heavy (non-hydrogen) atoms. The molecule has 0 saturated carbocycles. The first kappa shape index (κ1) is 13.8. The molecule has 1 aromatic carbocycles. The SMILES string of the molecule is CC(C)Cc1ccc(C(N)c2nc3c(s2)CCC3)cc1. The minimum absolute atomic E-state index is 0.0706. The van der Waals surface area contributed by atoms with Crippen molar-refractivity contribution in [3.05, 3.63) is 51.0 Å². The zero-order valence-corrected chi connectivity index (χ0v) is 13.0. The van der Waals surface area contributed by atoms with E-state index >= 15 is 0 Å². The molecule has 1 aromatic heterocycles. The van der Waals surface area contributed by atoms with Gasteiger partial charge in [-0.15, -0.1) is 11.3 Å². The molecule has 3 rings (SSSR count). The van der Waals surface area contributed by atoms with Crippen LogP contribution in [0.2, 0.25) is 0 Å². The Labute approximate surface area is 125 Å². The van der Waals surface area contributed by atoms with E-state index in [4.69, 9.17) is 10.7 Å². The number of nitrogens with two attached hydrogens (primary N) is 1. The quantitative estimate of drug-likeness (QED) is 0.926. The maximum Gasteiger partial charge on any atom is 0.114 e. The van der Waals surface area contributed by atoms with Gasteiger partial charge in [0.15, 0.2) is 0 Å². The largest absolute Gasteiger partial charge is 0.318 e. The van der Waals surface area contributed by atoms with Crippen LogP contribution < -0.4 is 5.73 Å². The number of thiazole rings is 1. The van der Waals surface area contributed by atoms with Gasteiger partial charge >= 0.3 is 0 Å². The molecule has 3 heteroatoms. The molecule has 2 nitrogen and oxygen atoms in total. The van der Waals surface area contributed by atoms with Gasteiger partial charge in [-0.3, -0.25) is 0 Å². The first-order chi connectivity index (χ1) is 9.63. The van der Waals surface area contributed by atoms with Crippen LogP contribution in [0.3, 0.4) is 0 Å². The highest BCUT2D eigenvalue weighted by Crippen LogP contribution is 2.32. The Bertz CT molecular complexity index is 562. The van der Waals surface area contributed by atoms with Crippen LogP contribution >= 0.6 is 11.3 Å². The number of hydrogen-bond acceptors (Lipinski definition) is 3. The van der Waals surface area contributed by atoms with Gasteiger partial charge in [-0.05, 0) is 42.7 Å². The molecule has 0 bridgehead atoms. The summed E-state index contributed by atoms with van der Waals surface area (Å²) in [4.78, 5) is 6.18. The highest BCUT2D eigenvalue weighted by atomic mass is 32.1. The van der Waals surface area contributed by atoms with Crippen molar-refractivity contribution in [1.82, 2.24) is 4.98 Å². The summed E-state index contributed by atoms with van der Waals surface area (Å²) in [7, 11) is 0. The first-order valence-electron chi connectivity index (χ1n) is 7.46. The molecule has 106 valence electrons. The van der Waals surface area contributed by atoms with Crippen LogP contribution in [0.25, 0.3) is 0 Å². The minimum atomic E-state index is -0.0706. The summed E-state index contributed by atoms with van der Waals surface area (Å²) in [5, 5.41) is 1.08. The molecule has 1 aliphatic carbocycles. The summed E-state index contributed by atoms with van der Waals surface area (Å²) in [6.45, 7) is 4.49. The monoisotopic (exact) mass is 286 g/mol. The van der Waals surface area contributed by atoms with Gasteiger partial charge in [-0.25, -0.2) is 4.98 Å². The third-order valence-electron chi connectivity index (χ3n) is 3.86. The van der Waals surface area contributed by atoms with E-state index in [9.17, 15) is 0 Å². The molecule has 0 saturated heterocycles. The molecule has 1 heterocycles. The van der Waals surface area contributed by atoms with E-state index in [1.54, 1.807) is 11.3 Å². The van der Waals surface area contributed by atoms with Crippen molar-refractivity contribution in [3.8, 4) is 0 Å². The Morgan fingerprint density at radius 2 is 1.95 bits per heavy atom. The van der Waals surface area contributed by atoms with Crippen molar-refractivity contribution in [2.75, 3.05) is 0 Å². The molecular weight excluding hydrogens is 264 g/mol. The Morgan fingerprint density at radius 3 is 2.60 bits per heavy atom. The fraction of sp³-hybridized carbons (Fsp3) is 0.471. The number of hydrogen-bond donors (Lipinski definition) is 1. The first-order valence-corrected chi connectivity index (χ1v) is 8.28. The van der Waals surface area contributed by atoms with Crippen molar-refractivity contribution in [2.24, 2.45) is 11.7 Å². The van der Waals surface area contributed by atoms with E-state index in [0.29, 0.717) is 5.92 Å². The zero-order valence-electron chi connectivity index (χ0n) is 12.2. The minimum Gasteiger partial charge on any atom is -0.318 e. The molecule has 2 aromatic rings. The van der Waals surface area contributed by atoms with E-state index < -0.39 is 0 Å². The molecular formula is C17H22N2S. The van der Waals surface area contributed by atoms with E-state index in [1.807, 2.05) is 0 Å². The second-order valence-corrected chi connectivity index (χ2v) is 7.21. The molecule has 0 fully saturated rings. The van der Waals surface area contributed by atoms with Gasteiger partial charge < -0.3 is 5.73 Å². The second-order valence-electron chi connectivity index (χ2n) is 6.09. The summed E-state index contributed by atoms with van der Waals surface area (Å²) in [6.07, 6.45) is 4.70. The van der Waals surface area contributed by atoms with Crippen molar-refractivity contribution in [3.63, 3.8) is 0 Å². The number of nitrogens with zero attached hydrogens (tertiary/aromatic N) is 1.